The van der Waals surface area contributed by atoms with Crippen LogP contribution in [0.1, 0.15) is 5.82 Å². The van der Waals surface area contributed by atoms with Crippen molar-refractivity contribution < 1.29 is 13.2 Å². The third-order valence-corrected chi connectivity index (χ3v) is 6.92. The molecule has 5 rings (SSSR count). The molecule has 0 aliphatic carbocycles. The Morgan fingerprint density at radius 3 is 2.41 bits per heavy atom. The first-order valence-corrected chi connectivity index (χ1v) is 12.7. The molecule has 0 saturated carbocycles. The molecule has 2 fully saturated rings. The first-order chi connectivity index (χ1) is 16.5. The van der Waals surface area contributed by atoms with Gasteiger partial charge in [0.25, 0.3) is 0 Å². The van der Waals surface area contributed by atoms with Gasteiger partial charge in [-0.05, 0) is 12.1 Å². The number of morpholine rings is 1. The van der Waals surface area contributed by atoms with Crippen LogP contribution in [0.5, 0.6) is 0 Å². The number of pyridine rings is 1. The lowest BCUT2D eigenvalue weighted by Gasteiger charge is -2.33. The van der Waals surface area contributed by atoms with Crippen molar-refractivity contribution in [2.24, 2.45) is 7.05 Å². The Labute approximate surface area is 199 Å². The van der Waals surface area contributed by atoms with Crippen molar-refractivity contribution in [3.8, 4) is 11.4 Å². The van der Waals surface area contributed by atoms with Gasteiger partial charge in [-0.1, -0.05) is 0 Å². The number of ether oxygens (including phenoxy) is 1. The molecular weight excluding hydrogens is 458 g/mol. The van der Waals surface area contributed by atoms with Gasteiger partial charge in [0.15, 0.2) is 33.5 Å². The van der Waals surface area contributed by atoms with Gasteiger partial charge in [0, 0.05) is 58.1 Å². The molecule has 0 radical (unpaired) electrons. The van der Waals surface area contributed by atoms with Gasteiger partial charge < -0.3 is 19.9 Å². The second-order valence-electron chi connectivity index (χ2n) is 8.57. The Balaban J connectivity index is 1.47. The molecule has 13 heteroatoms. The van der Waals surface area contributed by atoms with E-state index in [9.17, 15) is 8.42 Å². The molecule has 0 spiro atoms. The highest BCUT2D eigenvalue weighted by Crippen LogP contribution is 2.28. The number of rotatable bonds is 6. The lowest BCUT2D eigenvalue weighted by molar-refractivity contribution is 0.122. The van der Waals surface area contributed by atoms with Crippen molar-refractivity contribution in [3.05, 3.63) is 24.2 Å². The Hall–Kier alpha value is -2.87. The predicted molar refractivity (Wildman–Crippen MR) is 129 cm³/mol. The number of nitrogens with two attached hydrogens (primary N) is 1. The highest BCUT2D eigenvalue weighted by molar-refractivity contribution is 7.72. The summed E-state index contributed by atoms with van der Waals surface area (Å²) in [6.45, 7) is 6.44. The summed E-state index contributed by atoms with van der Waals surface area (Å²) in [6.07, 6.45) is 1.69. The smallest absolute Gasteiger partial charge is 0.166 e. The number of nitrogens with zero attached hydrogens (tertiary/aromatic N) is 8. The normalized spacial score (nSPS) is 18.2. The number of hydrogen-bond donors (Lipinski definition) is 2. The fraction of sp³-hybridized carbons (Fsp3) is 0.524. The molecule has 5 heterocycles. The second-order valence-corrected chi connectivity index (χ2v) is 9.52. The summed E-state index contributed by atoms with van der Waals surface area (Å²) in [5.74, 6) is 2.84. The van der Waals surface area contributed by atoms with E-state index >= 15 is 0 Å². The molecule has 12 nitrogen and oxygen atoms in total. The van der Waals surface area contributed by atoms with E-state index in [1.165, 1.54) is 0 Å². The van der Waals surface area contributed by atoms with E-state index < -0.39 is 10.7 Å². The predicted octanol–water partition coefficient (Wildman–Crippen LogP) is -0.469. The molecule has 34 heavy (non-hydrogen) atoms. The van der Waals surface area contributed by atoms with Gasteiger partial charge in [-0.3, -0.25) is 9.80 Å². The Morgan fingerprint density at radius 2 is 1.74 bits per heavy atom. The van der Waals surface area contributed by atoms with Crippen LogP contribution < -0.4 is 10.6 Å². The van der Waals surface area contributed by atoms with Gasteiger partial charge >= 0.3 is 0 Å². The number of anilines is 2. The maximum atomic E-state index is 11.0. The highest BCUT2D eigenvalue weighted by atomic mass is 32.2. The van der Waals surface area contributed by atoms with Crippen LogP contribution in [0.25, 0.3) is 22.6 Å². The van der Waals surface area contributed by atoms with Crippen LogP contribution in [0.15, 0.2) is 18.3 Å². The molecule has 0 atom stereocenters. The molecule has 2 saturated heterocycles. The summed E-state index contributed by atoms with van der Waals surface area (Å²) in [7, 11) is -0.412. The van der Waals surface area contributed by atoms with Crippen LogP contribution in [0.2, 0.25) is 0 Å². The summed E-state index contributed by atoms with van der Waals surface area (Å²) in [4.78, 5) is 25.4. The van der Waals surface area contributed by atoms with Crippen LogP contribution in [0, 0.1) is 0 Å². The van der Waals surface area contributed by atoms with Crippen molar-refractivity contribution in [1.29, 1.82) is 0 Å². The number of piperazine rings is 1. The van der Waals surface area contributed by atoms with Crippen LogP contribution in [0.3, 0.4) is 0 Å². The minimum Gasteiger partial charge on any atom is -0.384 e. The summed E-state index contributed by atoms with van der Waals surface area (Å²) < 4.78 is 29.6. The highest BCUT2D eigenvalue weighted by Gasteiger charge is 2.24. The Morgan fingerprint density at radius 1 is 1.00 bits per heavy atom. The molecule has 0 bridgehead atoms. The summed E-state index contributed by atoms with van der Waals surface area (Å²) in [6, 6.07) is 3.62. The number of thiol groups is 1. The first-order valence-electron chi connectivity index (χ1n) is 11.3. The van der Waals surface area contributed by atoms with E-state index in [-0.39, 0.29) is 5.88 Å². The third kappa shape index (κ3) is 4.82. The average Bonchev–Trinajstić information content (AvgIpc) is 3.15. The molecule has 2 aliphatic rings. The number of aromatic nitrogens is 5. The van der Waals surface area contributed by atoms with Crippen LogP contribution in [-0.4, -0.2) is 101 Å². The average molecular weight is 488 g/mol. The van der Waals surface area contributed by atoms with Crippen molar-refractivity contribution in [2.45, 2.75) is 6.54 Å². The van der Waals surface area contributed by atoms with Crippen LogP contribution in [0.4, 0.5) is 11.6 Å². The maximum absolute atomic E-state index is 11.0. The minimum absolute atomic E-state index is 0.122. The van der Waals surface area contributed by atoms with E-state index in [1.807, 2.05) is 22.6 Å². The third-order valence-electron chi connectivity index (χ3n) is 6.29. The molecule has 0 unspecified atom stereocenters. The van der Waals surface area contributed by atoms with Crippen molar-refractivity contribution >= 4 is 33.5 Å². The number of imidazole rings is 1. The van der Waals surface area contributed by atoms with Gasteiger partial charge in [0.05, 0.1) is 25.6 Å². The fourth-order valence-corrected chi connectivity index (χ4v) is 4.96. The zero-order chi connectivity index (χ0) is 23.7. The monoisotopic (exact) mass is 487 g/mol. The number of aryl methyl sites for hydroxylation is 1. The number of fused-ring (bicyclic) bond motifs is 1. The fourth-order valence-electron chi connectivity index (χ4n) is 4.35. The van der Waals surface area contributed by atoms with Crippen molar-refractivity contribution in [3.63, 3.8) is 0 Å². The van der Waals surface area contributed by atoms with Gasteiger partial charge in [0.2, 0.25) is 0 Å². The largest absolute Gasteiger partial charge is 0.384 e. The standard InChI is InChI=1S/C21H29N9O3S/c1-27-17(13-28-4-6-29(7-5-28)14-34(31)32)24-18-20(27)25-19(15-2-3-16(22)23-12-15)26-21(18)30-8-10-33-11-9-30/h2-3,12,34H,4-11,13-14H2,1H3,(H2,22,23). The number of hydrogen-bond acceptors (Lipinski definition) is 11. The maximum Gasteiger partial charge on any atom is 0.166 e. The Bertz CT molecular complexity index is 1220. The summed E-state index contributed by atoms with van der Waals surface area (Å²) in [5, 5.41) is 0. The molecule has 0 amide bonds. The molecule has 182 valence electrons. The topological polar surface area (TPSA) is 136 Å². The molecule has 2 aliphatic heterocycles. The quantitative estimate of drug-likeness (QED) is 0.437. The lowest BCUT2D eigenvalue weighted by Crippen LogP contribution is -2.46. The molecule has 3 aromatic rings. The SMILES string of the molecule is Cn1c(CN2CCN(C[SH](=O)=O)CC2)nc2c(N3CCOCC3)nc(-c3ccc(N)nc3)nc21. The number of nitrogen functional groups attached to an aromatic ring is 1. The molecule has 0 aromatic carbocycles. The van der Waals surface area contributed by atoms with Crippen molar-refractivity contribution in [2.75, 3.05) is 69.0 Å². The summed E-state index contributed by atoms with van der Waals surface area (Å²) >= 11 is 0. The van der Waals surface area contributed by atoms with Gasteiger partial charge in [0.1, 0.15) is 11.6 Å². The minimum atomic E-state index is -2.39. The van der Waals surface area contributed by atoms with E-state index in [0.717, 1.165) is 67.6 Å². The molecular formula is C21H29N9O3S. The van der Waals surface area contributed by atoms with E-state index in [4.69, 9.17) is 25.4 Å². The van der Waals surface area contributed by atoms with Crippen LogP contribution in [-0.2, 0) is 29.0 Å². The van der Waals surface area contributed by atoms with Gasteiger partial charge in [-0.25, -0.2) is 28.4 Å². The van der Waals surface area contributed by atoms with Crippen molar-refractivity contribution in [1.82, 2.24) is 34.3 Å². The zero-order valence-electron chi connectivity index (χ0n) is 19.1. The Kier molecular flexibility index (Phi) is 6.59. The van der Waals surface area contributed by atoms with Crippen LogP contribution >= 0.6 is 0 Å². The lowest BCUT2D eigenvalue weighted by atomic mass is 10.2. The molecule has 2 N–H and O–H groups in total. The van der Waals surface area contributed by atoms with E-state index in [0.29, 0.717) is 31.4 Å². The zero-order valence-corrected chi connectivity index (χ0v) is 20.0. The molecule has 3 aromatic heterocycles. The second kappa shape index (κ2) is 9.78. The van der Waals surface area contributed by atoms with E-state index in [2.05, 4.69) is 14.8 Å². The van der Waals surface area contributed by atoms with E-state index in [1.54, 1.807) is 12.3 Å². The summed E-state index contributed by atoms with van der Waals surface area (Å²) in [5.41, 5.74) is 8.09. The van der Waals surface area contributed by atoms with Gasteiger partial charge in [-0.15, -0.1) is 0 Å². The first kappa shape index (κ1) is 22.9. The van der Waals surface area contributed by atoms with Gasteiger partial charge in [-0.2, -0.15) is 0 Å².